The molecule has 1 aromatic carbocycles. The average Bonchev–Trinajstić information content (AvgIpc) is 3.15. The molecule has 128 valence electrons. The smallest absolute Gasteiger partial charge is 0.167 e. The van der Waals surface area contributed by atoms with E-state index in [4.69, 9.17) is 0 Å². The fourth-order valence-corrected chi connectivity index (χ4v) is 3.76. The summed E-state index contributed by atoms with van der Waals surface area (Å²) in [5.41, 5.74) is 0.858. The van der Waals surface area contributed by atoms with E-state index in [2.05, 4.69) is 16.3 Å². The van der Waals surface area contributed by atoms with Gasteiger partial charge in [-0.15, -0.1) is 11.8 Å². The highest BCUT2D eigenvalue weighted by Gasteiger charge is 2.26. The Hall–Kier alpha value is -1.59. The fourth-order valence-electron chi connectivity index (χ4n) is 3.35. The molecule has 4 nitrogen and oxygen atoms in total. The fraction of sp³-hybridized carbons (Fsp3) is 0.474. The van der Waals surface area contributed by atoms with Crippen LogP contribution in [0.25, 0.3) is 0 Å². The summed E-state index contributed by atoms with van der Waals surface area (Å²) in [5.74, 6) is 0.447. The number of carbonyl (C=O) groups is 1. The highest BCUT2D eigenvalue weighted by atomic mass is 32.2. The third-order valence-corrected chi connectivity index (χ3v) is 5.42. The highest BCUT2D eigenvalue weighted by Crippen LogP contribution is 2.23. The van der Waals surface area contributed by atoms with Gasteiger partial charge in [-0.05, 0) is 56.8 Å². The Morgan fingerprint density at radius 2 is 2.12 bits per heavy atom. The van der Waals surface area contributed by atoms with E-state index in [9.17, 15) is 4.79 Å². The molecule has 1 atom stereocenters. The maximum Gasteiger partial charge on any atom is 0.167 e. The van der Waals surface area contributed by atoms with E-state index in [-0.39, 0.29) is 5.92 Å². The molecule has 0 bridgehead atoms. The van der Waals surface area contributed by atoms with E-state index >= 15 is 0 Å². The number of aryl methyl sites for hydroxylation is 1. The highest BCUT2D eigenvalue weighted by molar-refractivity contribution is 7.98. The monoisotopic (exact) mass is 343 g/mol. The Bertz CT molecular complexity index is 639. The van der Waals surface area contributed by atoms with E-state index in [1.54, 1.807) is 11.8 Å². The van der Waals surface area contributed by atoms with Crippen LogP contribution < -0.4 is 0 Å². The molecule has 0 amide bonds. The van der Waals surface area contributed by atoms with Crippen molar-refractivity contribution < 1.29 is 4.79 Å². The summed E-state index contributed by atoms with van der Waals surface area (Å²) < 4.78 is 1.97. The number of carbonyl (C=O) groups excluding carboxylic acids is 1. The van der Waals surface area contributed by atoms with Gasteiger partial charge in [-0.25, -0.2) is 0 Å². The van der Waals surface area contributed by atoms with Crippen LogP contribution in [0.15, 0.2) is 47.6 Å². The van der Waals surface area contributed by atoms with Gasteiger partial charge in [0, 0.05) is 41.9 Å². The van der Waals surface area contributed by atoms with Gasteiger partial charge in [0.05, 0.1) is 0 Å². The normalized spacial score (nSPS) is 18.6. The van der Waals surface area contributed by atoms with Crippen LogP contribution >= 0.6 is 11.8 Å². The second kappa shape index (κ2) is 8.49. The van der Waals surface area contributed by atoms with Crippen LogP contribution in [0.4, 0.5) is 0 Å². The number of rotatable bonds is 7. The van der Waals surface area contributed by atoms with Crippen molar-refractivity contribution in [3.05, 3.63) is 48.3 Å². The molecule has 0 saturated carbocycles. The molecule has 1 fully saturated rings. The van der Waals surface area contributed by atoms with Crippen molar-refractivity contribution in [2.45, 2.75) is 30.7 Å². The number of Topliss-reactive ketones (excluding diaryl/α,β-unsaturated/α-hetero) is 1. The Balaban J connectivity index is 1.51. The zero-order valence-electron chi connectivity index (χ0n) is 14.2. The number of ketones is 1. The molecule has 0 radical (unpaired) electrons. The van der Waals surface area contributed by atoms with Gasteiger partial charge in [-0.3, -0.25) is 9.48 Å². The topological polar surface area (TPSA) is 38.1 Å². The molecule has 1 saturated heterocycles. The maximum absolute atomic E-state index is 12.8. The molecule has 0 spiro atoms. The Morgan fingerprint density at radius 1 is 1.29 bits per heavy atom. The molecule has 1 aliphatic heterocycles. The first-order chi connectivity index (χ1) is 11.8. The minimum Gasteiger partial charge on any atom is -0.303 e. The second-order valence-electron chi connectivity index (χ2n) is 6.36. The summed E-state index contributed by atoms with van der Waals surface area (Å²) in [6, 6.07) is 10.00. The molecule has 1 aromatic heterocycles. The zero-order chi connectivity index (χ0) is 16.8. The van der Waals surface area contributed by atoms with Crippen LogP contribution in [-0.4, -0.2) is 46.4 Å². The van der Waals surface area contributed by atoms with Gasteiger partial charge in [0.2, 0.25) is 0 Å². The second-order valence-corrected chi connectivity index (χ2v) is 7.23. The van der Waals surface area contributed by atoms with Gasteiger partial charge in [-0.1, -0.05) is 12.1 Å². The number of likely N-dealkylation sites (tertiary alicyclic amines) is 1. The van der Waals surface area contributed by atoms with Crippen molar-refractivity contribution in [3.63, 3.8) is 0 Å². The zero-order valence-corrected chi connectivity index (χ0v) is 15.0. The van der Waals surface area contributed by atoms with Crippen molar-refractivity contribution >= 4 is 17.5 Å². The van der Waals surface area contributed by atoms with Gasteiger partial charge in [0.25, 0.3) is 0 Å². The lowest BCUT2D eigenvalue weighted by Gasteiger charge is -2.32. The van der Waals surface area contributed by atoms with Crippen molar-refractivity contribution in [1.29, 1.82) is 0 Å². The lowest BCUT2D eigenvalue weighted by atomic mass is 9.90. The summed E-state index contributed by atoms with van der Waals surface area (Å²) >= 11 is 1.71. The molecule has 0 aliphatic carbocycles. The lowest BCUT2D eigenvalue weighted by molar-refractivity contribution is 0.0817. The SMILES string of the molecule is CSc1ccc(C(=O)C2CCCN(CCCn3cccn3)C2)cc1. The van der Waals surface area contributed by atoms with Crippen molar-refractivity contribution in [2.75, 3.05) is 25.9 Å². The van der Waals surface area contributed by atoms with Crippen LogP contribution in [0.1, 0.15) is 29.6 Å². The molecule has 1 aliphatic rings. The summed E-state index contributed by atoms with van der Waals surface area (Å²) in [5, 5.41) is 4.24. The summed E-state index contributed by atoms with van der Waals surface area (Å²) in [7, 11) is 0. The minimum absolute atomic E-state index is 0.142. The molecule has 24 heavy (non-hydrogen) atoms. The quantitative estimate of drug-likeness (QED) is 0.569. The van der Waals surface area contributed by atoms with Crippen LogP contribution in [0.2, 0.25) is 0 Å². The number of piperidine rings is 1. The number of nitrogens with zero attached hydrogens (tertiary/aromatic N) is 3. The first-order valence-electron chi connectivity index (χ1n) is 8.64. The Morgan fingerprint density at radius 3 is 2.83 bits per heavy atom. The standard InChI is InChI=1S/C19H25N3OS/c1-24-18-8-6-16(7-9-18)19(23)17-5-2-11-21(15-17)12-4-14-22-13-3-10-20-22/h3,6-10,13,17H,2,4-5,11-12,14-15H2,1H3. The van der Waals surface area contributed by atoms with Crippen LogP contribution in [0, 0.1) is 5.92 Å². The number of thioether (sulfide) groups is 1. The van der Waals surface area contributed by atoms with Gasteiger partial charge >= 0.3 is 0 Å². The predicted octanol–water partition coefficient (Wildman–Crippen LogP) is 3.59. The molecule has 1 unspecified atom stereocenters. The maximum atomic E-state index is 12.8. The molecule has 0 N–H and O–H groups in total. The molecule has 2 heterocycles. The van der Waals surface area contributed by atoms with Gasteiger partial charge in [-0.2, -0.15) is 5.10 Å². The van der Waals surface area contributed by atoms with Gasteiger partial charge in [0.15, 0.2) is 5.78 Å². The average molecular weight is 343 g/mol. The molecule has 3 rings (SSSR count). The first-order valence-corrected chi connectivity index (χ1v) is 9.87. The van der Waals surface area contributed by atoms with Crippen molar-refractivity contribution in [2.24, 2.45) is 5.92 Å². The molecular weight excluding hydrogens is 318 g/mol. The third kappa shape index (κ3) is 4.48. The summed E-state index contributed by atoms with van der Waals surface area (Å²) in [6.45, 7) is 3.98. The lowest BCUT2D eigenvalue weighted by Crippen LogP contribution is -2.39. The van der Waals surface area contributed by atoms with Crippen molar-refractivity contribution in [1.82, 2.24) is 14.7 Å². The van der Waals surface area contributed by atoms with Gasteiger partial charge < -0.3 is 4.90 Å². The molecule has 5 heteroatoms. The third-order valence-electron chi connectivity index (χ3n) is 4.67. The first kappa shape index (κ1) is 17.2. The van der Waals surface area contributed by atoms with E-state index < -0.39 is 0 Å². The Labute approximate surface area is 148 Å². The van der Waals surface area contributed by atoms with E-state index in [0.29, 0.717) is 5.78 Å². The van der Waals surface area contributed by atoms with E-state index in [1.807, 2.05) is 47.4 Å². The number of hydrogen-bond acceptors (Lipinski definition) is 4. The van der Waals surface area contributed by atoms with Crippen LogP contribution in [-0.2, 0) is 6.54 Å². The Kier molecular flexibility index (Phi) is 6.10. The van der Waals surface area contributed by atoms with Crippen molar-refractivity contribution in [3.8, 4) is 0 Å². The molecule has 2 aromatic rings. The molecular formula is C19H25N3OS. The summed E-state index contributed by atoms with van der Waals surface area (Å²) in [4.78, 5) is 16.4. The number of benzene rings is 1. The van der Waals surface area contributed by atoms with Crippen LogP contribution in [0.5, 0.6) is 0 Å². The largest absolute Gasteiger partial charge is 0.303 e. The van der Waals surface area contributed by atoms with Gasteiger partial charge in [0.1, 0.15) is 0 Å². The number of aromatic nitrogens is 2. The predicted molar refractivity (Wildman–Crippen MR) is 98.6 cm³/mol. The van der Waals surface area contributed by atoms with E-state index in [0.717, 1.165) is 51.0 Å². The minimum atomic E-state index is 0.142. The van der Waals surface area contributed by atoms with Crippen LogP contribution in [0.3, 0.4) is 0 Å². The summed E-state index contributed by atoms with van der Waals surface area (Å²) in [6.07, 6.45) is 9.07. The number of hydrogen-bond donors (Lipinski definition) is 0. The van der Waals surface area contributed by atoms with E-state index in [1.165, 1.54) is 4.90 Å².